The number of H-pyrrole nitrogens is 1. The standard InChI is InChI=1S/C19H23ClN5O9P/c1-19(28)14(26)12(8-33-35(29,30)31)34-17(19)25-9-24(13-15(25)22-18(21)23-16(13)27)6-7-32-11-4-2-10(20)3-5-11/h2-5,9,12,14,17,26,28H,6-8H2,1H3,(H4-,21,22,23,27,29,30,31)/p+1/t12-,14-,17-,19-/m1/s1. The van der Waals surface area contributed by atoms with Gasteiger partial charge in [-0.2, -0.15) is 0 Å². The number of ether oxygens (including phenoxy) is 2. The Bertz CT molecular complexity index is 1320. The largest absolute Gasteiger partial charge is 0.490 e. The van der Waals surface area contributed by atoms with Crippen LogP contribution in [-0.2, 0) is 20.4 Å². The van der Waals surface area contributed by atoms with Crippen molar-refractivity contribution in [2.45, 2.75) is 37.5 Å². The Labute approximate surface area is 202 Å². The molecule has 0 unspecified atom stereocenters. The molecule has 14 nitrogen and oxygen atoms in total. The lowest BCUT2D eigenvalue weighted by molar-refractivity contribution is -0.752. The molecular weight excluding hydrogens is 509 g/mol. The van der Waals surface area contributed by atoms with E-state index in [4.69, 9.17) is 36.6 Å². The second kappa shape index (κ2) is 9.48. The van der Waals surface area contributed by atoms with Gasteiger partial charge in [-0.25, -0.2) is 9.13 Å². The number of phosphoric ester groups is 1. The Kier molecular flexibility index (Phi) is 6.92. The van der Waals surface area contributed by atoms with Crippen LogP contribution in [0.15, 0.2) is 35.4 Å². The quantitative estimate of drug-likeness (QED) is 0.160. The zero-order valence-corrected chi connectivity index (χ0v) is 20.0. The minimum atomic E-state index is -4.85. The van der Waals surface area contributed by atoms with E-state index < -0.39 is 44.0 Å². The average molecular weight is 533 g/mol. The first-order chi connectivity index (χ1) is 16.4. The number of benzene rings is 1. The third-order valence-corrected chi connectivity index (χ3v) is 6.26. The highest BCUT2D eigenvalue weighted by Gasteiger charge is 2.56. The summed E-state index contributed by atoms with van der Waals surface area (Å²) < 4.78 is 29.7. The van der Waals surface area contributed by atoms with E-state index in [-0.39, 0.29) is 30.3 Å². The van der Waals surface area contributed by atoms with Crippen LogP contribution < -0.4 is 20.6 Å². The Hall–Kier alpha value is -2.55. The molecule has 1 saturated heterocycles. The Balaban J connectivity index is 1.65. The molecule has 0 amide bonds. The van der Waals surface area contributed by atoms with E-state index in [0.29, 0.717) is 10.8 Å². The molecule has 0 spiro atoms. The molecule has 3 heterocycles. The number of anilines is 1. The van der Waals surface area contributed by atoms with E-state index in [1.165, 1.54) is 22.4 Å². The molecule has 0 radical (unpaired) electrons. The number of fused-ring (bicyclic) bond motifs is 1. The third kappa shape index (κ3) is 5.34. The summed E-state index contributed by atoms with van der Waals surface area (Å²) in [6.45, 7) is 0.917. The van der Waals surface area contributed by atoms with Gasteiger partial charge in [0.05, 0.1) is 6.61 Å². The van der Waals surface area contributed by atoms with Crippen LogP contribution in [0, 0.1) is 0 Å². The van der Waals surface area contributed by atoms with Crippen LogP contribution in [0.5, 0.6) is 5.75 Å². The fourth-order valence-corrected chi connectivity index (χ4v) is 4.32. The van der Waals surface area contributed by atoms with Crippen molar-refractivity contribution in [2.75, 3.05) is 18.9 Å². The van der Waals surface area contributed by atoms with E-state index in [1.807, 2.05) is 0 Å². The van der Waals surface area contributed by atoms with Crippen molar-refractivity contribution in [2.24, 2.45) is 0 Å². The SMILES string of the molecule is C[C@@]1(O)[C@H](O)[C@@H](COP(=O)(O)O)O[C@H]1[n+]1cn(CCOc2ccc(Cl)cc2)c2c(=O)[nH]c(N)nc21. The van der Waals surface area contributed by atoms with Crippen molar-refractivity contribution in [3.05, 3.63) is 46.0 Å². The summed E-state index contributed by atoms with van der Waals surface area (Å²) in [5.74, 6) is 0.374. The van der Waals surface area contributed by atoms with Crippen LogP contribution in [-0.4, -0.2) is 65.6 Å². The molecule has 2 aromatic heterocycles. The summed E-state index contributed by atoms with van der Waals surface area (Å²) in [6, 6.07) is 6.72. The first kappa shape index (κ1) is 25.5. The number of aliphatic hydroxyl groups excluding tert-OH is 1. The fourth-order valence-electron chi connectivity index (χ4n) is 3.86. The molecule has 1 aliphatic rings. The van der Waals surface area contributed by atoms with Gasteiger partial charge in [-0.1, -0.05) is 16.6 Å². The summed E-state index contributed by atoms with van der Waals surface area (Å²) in [4.78, 5) is 37.2. The van der Waals surface area contributed by atoms with Gasteiger partial charge in [0.2, 0.25) is 11.7 Å². The number of nitrogens with zero attached hydrogens (tertiary/aromatic N) is 3. The maximum atomic E-state index is 12.7. The fraction of sp³-hybridized carbons (Fsp3) is 0.421. The van der Waals surface area contributed by atoms with Crippen LogP contribution >= 0.6 is 19.4 Å². The number of nitrogens with one attached hydrogen (secondary N) is 1. The minimum absolute atomic E-state index is 0.0479. The van der Waals surface area contributed by atoms with Crippen molar-refractivity contribution in [1.29, 1.82) is 0 Å². The summed E-state index contributed by atoms with van der Waals surface area (Å²) in [5, 5.41) is 22.1. The molecule has 35 heavy (non-hydrogen) atoms. The maximum absolute atomic E-state index is 12.7. The zero-order chi connectivity index (χ0) is 25.5. The Morgan fingerprint density at radius 1 is 1.37 bits per heavy atom. The van der Waals surface area contributed by atoms with Crippen LogP contribution in [0.3, 0.4) is 0 Å². The monoisotopic (exact) mass is 532 g/mol. The van der Waals surface area contributed by atoms with Crippen molar-refractivity contribution in [3.63, 3.8) is 0 Å². The van der Waals surface area contributed by atoms with E-state index in [0.717, 1.165) is 0 Å². The lowest BCUT2D eigenvalue weighted by Gasteiger charge is -2.24. The topological polar surface area (TPSA) is 206 Å². The summed E-state index contributed by atoms with van der Waals surface area (Å²) >= 11 is 5.87. The van der Waals surface area contributed by atoms with Crippen LogP contribution in [0.4, 0.5) is 5.95 Å². The first-order valence-electron chi connectivity index (χ1n) is 10.3. The predicted octanol–water partition coefficient (Wildman–Crippen LogP) is -0.555. The van der Waals surface area contributed by atoms with Crippen LogP contribution in [0.1, 0.15) is 13.2 Å². The molecule has 1 fully saturated rings. The van der Waals surface area contributed by atoms with E-state index in [2.05, 4.69) is 14.5 Å². The highest BCUT2D eigenvalue weighted by Crippen LogP contribution is 2.40. The number of nitrogen functional groups attached to an aromatic ring is 1. The molecule has 190 valence electrons. The van der Waals surface area contributed by atoms with Gasteiger partial charge in [0.15, 0.2) is 6.33 Å². The Morgan fingerprint density at radius 3 is 2.71 bits per heavy atom. The molecule has 0 bridgehead atoms. The zero-order valence-electron chi connectivity index (χ0n) is 18.3. The first-order valence-corrected chi connectivity index (χ1v) is 12.2. The molecule has 1 aliphatic heterocycles. The number of aromatic amines is 1. The van der Waals surface area contributed by atoms with Gasteiger partial charge in [0.1, 0.15) is 36.7 Å². The molecule has 16 heteroatoms. The van der Waals surface area contributed by atoms with E-state index in [9.17, 15) is 19.6 Å². The van der Waals surface area contributed by atoms with E-state index >= 15 is 0 Å². The molecule has 0 aliphatic carbocycles. The number of aliphatic hydroxyl groups is 2. The van der Waals surface area contributed by atoms with Crippen LogP contribution in [0.2, 0.25) is 5.02 Å². The molecule has 7 N–H and O–H groups in total. The average Bonchev–Trinajstić information content (AvgIpc) is 3.22. The second-order valence-electron chi connectivity index (χ2n) is 8.13. The van der Waals surface area contributed by atoms with Crippen molar-refractivity contribution >= 4 is 36.5 Å². The number of rotatable bonds is 8. The highest BCUT2D eigenvalue weighted by atomic mass is 35.5. The van der Waals surface area contributed by atoms with Crippen molar-refractivity contribution < 1.29 is 43.1 Å². The number of hydrogen-bond acceptors (Lipinski definition) is 9. The highest BCUT2D eigenvalue weighted by molar-refractivity contribution is 7.46. The number of nitrogens with two attached hydrogens (primary N) is 1. The molecule has 0 saturated carbocycles. The minimum Gasteiger partial charge on any atom is -0.490 e. The smallest absolute Gasteiger partial charge is 0.469 e. The second-order valence-corrected chi connectivity index (χ2v) is 9.80. The third-order valence-electron chi connectivity index (χ3n) is 5.52. The van der Waals surface area contributed by atoms with Gasteiger partial charge >= 0.3 is 13.5 Å². The van der Waals surface area contributed by atoms with Gasteiger partial charge in [-0.3, -0.25) is 18.9 Å². The van der Waals surface area contributed by atoms with Gasteiger partial charge in [-0.05, 0) is 31.2 Å². The van der Waals surface area contributed by atoms with Gasteiger partial charge < -0.3 is 35.2 Å². The summed E-state index contributed by atoms with van der Waals surface area (Å²) in [6.07, 6.45) is -2.74. The van der Waals surface area contributed by atoms with Gasteiger partial charge in [0, 0.05) is 5.02 Å². The summed E-state index contributed by atoms with van der Waals surface area (Å²) in [7, 11) is -4.85. The molecule has 4 atom stereocenters. The number of phosphoric acid groups is 1. The Morgan fingerprint density at radius 2 is 2.06 bits per heavy atom. The van der Waals surface area contributed by atoms with E-state index in [1.54, 1.807) is 24.3 Å². The van der Waals surface area contributed by atoms with Crippen LogP contribution in [0.25, 0.3) is 11.2 Å². The molecular formula is C19H24ClN5O9P+. The number of hydrogen-bond donors (Lipinski definition) is 6. The molecule has 3 aromatic rings. The maximum Gasteiger partial charge on any atom is 0.469 e. The normalized spacial score (nSPS) is 24.8. The lowest BCUT2D eigenvalue weighted by Crippen LogP contribution is -2.53. The van der Waals surface area contributed by atoms with Gasteiger partial charge in [0.25, 0.3) is 11.5 Å². The number of halogens is 1. The van der Waals surface area contributed by atoms with Crippen molar-refractivity contribution in [3.8, 4) is 5.75 Å². The molecule has 4 rings (SSSR count). The predicted molar refractivity (Wildman–Crippen MR) is 120 cm³/mol. The number of aromatic nitrogens is 4. The molecule has 1 aromatic carbocycles. The lowest BCUT2D eigenvalue weighted by atomic mass is 9.96. The van der Waals surface area contributed by atoms with Gasteiger partial charge in [-0.15, -0.1) is 0 Å². The summed E-state index contributed by atoms with van der Waals surface area (Å²) in [5.41, 5.74) is 3.36. The van der Waals surface area contributed by atoms with Crippen molar-refractivity contribution in [1.82, 2.24) is 14.5 Å². The number of imidazole rings is 1.